The quantitative estimate of drug-likeness (QED) is 0.795. The van der Waals surface area contributed by atoms with E-state index in [0.717, 1.165) is 25.1 Å². The van der Waals surface area contributed by atoms with Crippen molar-refractivity contribution < 1.29 is 23.0 Å². The summed E-state index contributed by atoms with van der Waals surface area (Å²) in [5, 5.41) is 9.76. The van der Waals surface area contributed by atoms with Crippen molar-refractivity contribution in [3.63, 3.8) is 0 Å². The molecule has 1 aromatic heterocycles. The molecule has 110 valence electrons. The molecule has 0 saturated carbocycles. The van der Waals surface area contributed by atoms with Crippen LogP contribution in [0.4, 0.5) is 19.0 Å². The summed E-state index contributed by atoms with van der Waals surface area (Å²) in [7, 11) is 0. The summed E-state index contributed by atoms with van der Waals surface area (Å²) in [5.41, 5.74) is -0.813. The number of piperidine rings is 1. The normalized spacial score (nSPS) is 26.3. The zero-order valence-electron chi connectivity index (χ0n) is 10.7. The number of pyridine rings is 1. The monoisotopic (exact) mass is 288 g/mol. The van der Waals surface area contributed by atoms with Gasteiger partial charge in [-0.25, -0.2) is 4.98 Å². The number of aliphatic hydroxyl groups excluding tert-OH is 1. The van der Waals surface area contributed by atoms with Crippen LogP contribution >= 0.6 is 0 Å². The number of hydrogen-bond donors (Lipinski definition) is 1. The first kappa shape index (κ1) is 13.5. The number of anilines is 1. The number of alkyl halides is 3. The topological polar surface area (TPSA) is 45.6 Å². The van der Waals surface area contributed by atoms with Gasteiger partial charge in [0.05, 0.1) is 18.3 Å². The first-order chi connectivity index (χ1) is 9.45. The Morgan fingerprint density at radius 2 is 2.10 bits per heavy atom. The van der Waals surface area contributed by atoms with E-state index in [1.807, 2.05) is 4.90 Å². The molecule has 7 heteroatoms. The molecular weight excluding hydrogens is 273 g/mol. The largest absolute Gasteiger partial charge is 0.490 e. The van der Waals surface area contributed by atoms with Gasteiger partial charge in [0, 0.05) is 25.2 Å². The van der Waals surface area contributed by atoms with Crippen LogP contribution in [0.2, 0.25) is 0 Å². The van der Waals surface area contributed by atoms with Gasteiger partial charge in [0.15, 0.2) is 11.6 Å². The van der Waals surface area contributed by atoms with Crippen LogP contribution in [0.1, 0.15) is 24.8 Å². The maximum absolute atomic E-state index is 12.7. The molecule has 2 aliphatic heterocycles. The van der Waals surface area contributed by atoms with Gasteiger partial charge < -0.3 is 14.7 Å². The predicted octanol–water partition coefficient (Wildman–Crippen LogP) is 2.21. The molecule has 0 aromatic carbocycles. The van der Waals surface area contributed by atoms with Crippen LogP contribution in [0.15, 0.2) is 12.3 Å². The van der Waals surface area contributed by atoms with Gasteiger partial charge in [-0.05, 0) is 18.9 Å². The minimum atomic E-state index is -4.43. The molecule has 20 heavy (non-hydrogen) atoms. The van der Waals surface area contributed by atoms with E-state index < -0.39 is 17.8 Å². The highest BCUT2D eigenvalue weighted by molar-refractivity contribution is 5.55. The van der Waals surface area contributed by atoms with Crippen molar-refractivity contribution in [2.75, 3.05) is 18.1 Å². The number of halogens is 3. The standard InChI is InChI=1S/C13H15F3N2O2/c14-13(15,16)8-5-11-12(17-6-8)18-7-10(19)2-1-9(18)3-4-20-11/h5-6,9-10,19H,1-4,7H2. The van der Waals surface area contributed by atoms with E-state index in [4.69, 9.17) is 4.74 Å². The Hall–Kier alpha value is -1.50. The average molecular weight is 288 g/mol. The summed E-state index contributed by atoms with van der Waals surface area (Å²) >= 11 is 0. The molecule has 4 nitrogen and oxygen atoms in total. The molecular formula is C13H15F3N2O2. The van der Waals surface area contributed by atoms with Crippen LogP contribution in [0, 0.1) is 0 Å². The fraction of sp³-hybridized carbons (Fsp3) is 0.615. The van der Waals surface area contributed by atoms with Crippen LogP contribution < -0.4 is 9.64 Å². The first-order valence-corrected chi connectivity index (χ1v) is 6.60. The number of hydrogen-bond acceptors (Lipinski definition) is 4. The lowest BCUT2D eigenvalue weighted by atomic mass is 9.98. The molecule has 2 unspecified atom stereocenters. The Morgan fingerprint density at radius 1 is 1.30 bits per heavy atom. The first-order valence-electron chi connectivity index (χ1n) is 6.60. The predicted molar refractivity (Wildman–Crippen MR) is 65.7 cm³/mol. The van der Waals surface area contributed by atoms with Gasteiger partial charge in [0.2, 0.25) is 0 Å². The van der Waals surface area contributed by atoms with E-state index in [0.29, 0.717) is 25.4 Å². The Kier molecular flexibility index (Phi) is 3.24. The van der Waals surface area contributed by atoms with Crippen molar-refractivity contribution in [2.45, 2.75) is 37.6 Å². The Bertz CT molecular complexity index is 507. The molecule has 3 rings (SSSR count). The highest BCUT2D eigenvalue weighted by Gasteiger charge is 2.36. The van der Waals surface area contributed by atoms with Crippen molar-refractivity contribution in [3.05, 3.63) is 17.8 Å². The third-order valence-corrected chi connectivity index (χ3v) is 3.82. The van der Waals surface area contributed by atoms with E-state index in [1.165, 1.54) is 0 Å². The zero-order chi connectivity index (χ0) is 14.3. The minimum absolute atomic E-state index is 0.149. The molecule has 2 atom stereocenters. The summed E-state index contributed by atoms with van der Waals surface area (Å²) in [5.74, 6) is 0.552. The molecule has 0 aliphatic carbocycles. The number of rotatable bonds is 0. The van der Waals surface area contributed by atoms with Crippen molar-refractivity contribution in [2.24, 2.45) is 0 Å². The molecule has 1 N–H and O–H groups in total. The average Bonchev–Trinajstić information content (AvgIpc) is 2.56. The van der Waals surface area contributed by atoms with Crippen molar-refractivity contribution >= 4 is 5.82 Å². The number of fused-ring (bicyclic) bond motifs is 3. The number of nitrogens with zero attached hydrogens (tertiary/aromatic N) is 2. The van der Waals surface area contributed by atoms with Gasteiger partial charge in [-0.15, -0.1) is 0 Å². The van der Waals surface area contributed by atoms with Crippen molar-refractivity contribution in [1.82, 2.24) is 4.98 Å². The molecule has 1 aromatic rings. The van der Waals surface area contributed by atoms with Gasteiger partial charge in [-0.2, -0.15) is 13.2 Å². The highest BCUT2D eigenvalue weighted by Crippen LogP contribution is 2.39. The van der Waals surface area contributed by atoms with E-state index in [-0.39, 0.29) is 11.8 Å². The third kappa shape index (κ3) is 2.42. The smallest absolute Gasteiger partial charge is 0.418 e. The molecule has 3 heterocycles. The van der Waals surface area contributed by atoms with Gasteiger partial charge in [0.1, 0.15) is 0 Å². The third-order valence-electron chi connectivity index (χ3n) is 3.82. The Labute approximate surface area is 114 Å². The number of aliphatic hydroxyl groups is 1. The molecule has 1 fully saturated rings. The zero-order valence-corrected chi connectivity index (χ0v) is 10.7. The molecule has 1 saturated heterocycles. The maximum atomic E-state index is 12.7. The second-order valence-electron chi connectivity index (χ2n) is 5.22. The van der Waals surface area contributed by atoms with Crippen LogP contribution in [0.5, 0.6) is 5.75 Å². The van der Waals surface area contributed by atoms with E-state index in [9.17, 15) is 18.3 Å². The van der Waals surface area contributed by atoms with Gasteiger partial charge in [0.25, 0.3) is 0 Å². The number of aromatic nitrogens is 1. The van der Waals surface area contributed by atoms with Crippen molar-refractivity contribution in [3.8, 4) is 5.75 Å². The second-order valence-corrected chi connectivity index (χ2v) is 5.22. The summed E-state index contributed by atoms with van der Waals surface area (Å²) in [6.07, 6.45) is -1.85. The SMILES string of the molecule is OC1CCC2CCOc3cc(C(F)(F)F)cnc3N2C1. The Balaban J connectivity index is 1.98. The van der Waals surface area contributed by atoms with Gasteiger partial charge >= 0.3 is 6.18 Å². The van der Waals surface area contributed by atoms with E-state index >= 15 is 0 Å². The molecule has 0 radical (unpaired) electrons. The van der Waals surface area contributed by atoms with Crippen LogP contribution in [-0.2, 0) is 6.18 Å². The van der Waals surface area contributed by atoms with Crippen LogP contribution in [0.25, 0.3) is 0 Å². The minimum Gasteiger partial charge on any atom is -0.490 e. The fourth-order valence-corrected chi connectivity index (χ4v) is 2.79. The fourth-order valence-electron chi connectivity index (χ4n) is 2.79. The lowest BCUT2D eigenvalue weighted by Crippen LogP contribution is -2.45. The molecule has 0 spiro atoms. The Morgan fingerprint density at radius 3 is 2.85 bits per heavy atom. The molecule has 0 bridgehead atoms. The van der Waals surface area contributed by atoms with Crippen LogP contribution in [-0.4, -0.2) is 35.4 Å². The number of ether oxygens (including phenoxy) is 1. The summed E-state index contributed by atoms with van der Waals surface area (Å²) < 4.78 is 43.5. The van der Waals surface area contributed by atoms with Crippen LogP contribution in [0.3, 0.4) is 0 Å². The summed E-state index contributed by atoms with van der Waals surface area (Å²) in [4.78, 5) is 5.81. The molecule has 0 amide bonds. The lowest BCUT2D eigenvalue weighted by Gasteiger charge is -2.37. The van der Waals surface area contributed by atoms with Gasteiger partial charge in [-0.1, -0.05) is 0 Å². The van der Waals surface area contributed by atoms with Crippen molar-refractivity contribution in [1.29, 1.82) is 0 Å². The van der Waals surface area contributed by atoms with E-state index in [2.05, 4.69) is 4.98 Å². The highest BCUT2D eigenvalue weighted by atomic mass is 19.4. The summed E-state index contributed by atoms with van der Waals surface area (Å²) in [6.45, 7) is 0.757. The van der Waals surface area contributed by atoms with E-state index in [1.54, 1.807) is 0 Å². The van der Waals surface area contributed by atoms with Gasteiger partial charge in [-0.3, -0.25) is 0 Å². The molecule has 2 aliphatic rings. The second kappa shape index (κ2) is 4.80. The maximum Gasteiger partial charge on any atom is 0.418 e. The summed E-state index contributed by atoms with van der Waals surface area (Å²) in [6, 6.07) is 1.16. The lowest BCUT2D eigenvalue weighted by molar-refractivity contribution is -0.137.